The first-order valence-corrected chi connectivity index (χ1v) is 19.8. The number of halogens is 4. The minimum absolute atomic E-state index is 0.00210. The van der Waals surface area contributed by atoms with Crippen molar-refractivity contribution >= 4 is 25.5 Å². The molecule has 4 aromatic carbocycles. The molecule has 9 nitrogen and oxygen atoms in total. The maximum Gasteiger partial charge on any atom is 0.178 e. The zero-order chi connectivity index (χ0) is 37.4. The van der Waals surface area contributed by atoms with Gasteiger partial charge in [0, 0.05) is 62.5 Å². The highest BCUT2D eigenvalue weighted by atomic mass is 32.2. The van der Waals surface area contributed by atoms with Crippen molar-refractivity contribution in [3.8, 4) is 11.5 Å². The summed E-state index contributed by atoms with van der Waals surface area (Å²) in [7, 11) is -7.46. The van der Waals surface area contributed by atoms with Gasteiger partial charge in [0.2, 0.25) is 0 Å². The van der Waals surface area contributed by atoms with E-state index in [1.807, 2.05) is 9.80 Å². The topological polar surface area (TPSA) is 132 Å². The molecule has 276 valence electrons. The van der Waals surface area contributed by atoms with Crippen molar-refractivity contribution in [3.63, 3.8) is 0 Å². The normalized spacial score (nSPS) is 17.3. The Balaban J connectivity index is 1.20. The zero-order valence-corrected chi connectivity index (χ0v) is 29.3. The molecule has 0 spiro atoms. The number of sulfone groups is 2. The van der Waals surface area contributed by atoms with E-state index in [1.165, 1.54) is 36.4 Å². The molecule has 6 rings (SSSR count). The second kappa shape index (κ2) is 15.0. The number of benzene rings is 4. The molecule has 2 unspecified atom stereocenters. The first-order valence-electron chi connectivity index (χ1n) is 16.5. The maximum atomic E-state index is 14.6. The molecule has 0 saturated carbocycles. The highest BCUT2D eigenvalue weighted by Crippen LogP contribution is 2.38. The fourth-order valence-corrected chi connectivity index (χ4v) is 10.2. The summed E-state index contributed by atoms with van der Waals surface area (Å²) in [4.78, 5) is 18.2. The van der Waals surface area contributed by atoms with Crippen molar-refractivity contribution in [3.05, 3.63) is 119 Å². The van der Waals surface area contributed by atoms with Gasteiger partial charge in [0.1, 0.15) is 34.8 Å². The molecule has 15 heteroatoms. The third-order valence-electron chi connectivity index (χ3n) is 9.63. The Kier molecular flexibility index (Phi) is 10.8. The molecule has 2 aliphatic rings. The summed E-state index contributed by atoms with van der Waals surface area (Å²) < 4.78 is 107. The lowest BCUT2D eigenvalue weighted by molar-refractivity contribution is -0.123. The number of hydrogen-bond donors (Lipinski definition) is 2. The average Bonchev–Trinajstić information content (AvgIpc) is 3.04. The van der Waals surface area contributed by atoms with Gasteiger partial charge in [0.05, 0.1) is 33.1 Å². The lowest BCUT2D eigenvalue weighted by Gasteiger charge is -2.43. The lowest BCUT2D eigenvalue weighted by Crippen LogP contribution is -2.53. The standard InChI is InChI=1S/C37H36F4N2O7S2/c38-25-1-7-29(8-2-25)51(47,48)21-23-15-42(16-23)19-33(31-11-5-27(40)13-35(31)44)37(46)34(32-12-6-28(41)14-36(32)45)20-43-17-24(18-43)22-52(49,50)30-9-3-26(39)4-10-30/h1-14,23-24,33-34,44-45H,15-22H2. The molecule has 0 amide bonds. The number of nitrogens with zero attached hydrogens (tertiary/aromatic N) is 2. The Labute approximate surface area is 299 Å². The van der Waals surface area contributed by atoms with E-state index in [1.54, 1.807) is 0 Å². The van der Waals surface area contributed by atoms with Gasteiger partial charge in [-0.1, -0.05) is 12.1 Å². The van der Waals surface area contributed by atoms with E-state index in [4.69, 9.17) is 0 Å². The number of phenols is 2. The Morgan fingerprint density at radius 3 is 1.23 bits per heavy atom. The number of Topliss-reactive ketones (excluding diaryl/α,β-unsaturated/α-hetero) is 1. The van der Waals surface area contributed by atoms with Crippen molar-refractivity contribution < 1.29 is 49.4 Å². The van der Waals surface area contributed by atoms with Crippen molar-refractivity contribution in [2.45, 2.75) is 21.6 Å². The summed E-state index contributed by atoms with van der Waals surface area (Å²) in [6.07, 6.45) is 0. The summed E-state index contributed by atoms with van der Waals surface area (Å²) in [6.45, 7) is 1.10. The first kappa shape index (κ1) is 37.4. The fraction of sp³-hybridized carbons (Fsp3) is 0.324. The second-order valence-corrected chi connectivity index (χ2v) is 17.6. The largest absolute Gasteiger partial charge is 0.508 e. The number of rotatable bonds is 14. The highest BCUT2D eigenvalue weighted by Gasteiger charge is 2.41. The van der Waals surface area contributed by atoms with E-state index in [-0.39, 0.29) is 83.5 Å². The molecule has 2 atom stereocenters. The summed E-state index contributed by atoms with van der Waals surface area (Å²) >= 11 is 0. The second-order valence-electron chi connectivity index (χ2n) is 13.6. The van der Waals surface area contributed by atoms with Gasteiger partial charge in [0.15, 0.2) is 25.5 Å². The van der Waals surface area contributed by atoms with E-state index in [2.05, 4.69) is 0 Å². The SMILES string of the molecule is O=C(C(CN1CC(CS(=O)(=O)c2ccc(F)cc2)C1)c1ccc(F)cc1O)C(CN1CC(CS(=O)(=O)c2ccc(F)cc2)C1)c1ccc(F)cc1O. The number of ketones is 1. The van der Waals surface area contributed by atoms with Gasteiger partial charge < -0.3 is 20.0 Å². The van der Waals surface area contributed by atoms with Gasteiger partial charge in [-0.25, -0.2) is 34.4 Å². The Morgan fingerprint density at radius 2 is 0.904 bits per heavy atom. The van der Waals surface area contributed by atoms with Crippen LogP contribution in [0.2, 0.25) is 0 Å². The van der Waals surface area contributed by atoms with E-state index < -0.39 is 72.1 Å². The number of carbonyl (C=O) groups excluding carboxylic acids is 1. The minimum atomic E-state index is -3.73. The monoisotopic (exact) mass is 760 g/mol. The quantitative estimate of drug-likeness (QED) is 0.136. The van der Waals surface area contributed by atoms with Crippen LogP contribution in [0.3, 0.4) is 0 Å². The Hall–Kier alpha value is -4.31. The van der Waals surface area contributed by atoms with Gasteiger partial charge >= 0.3 is 0 Å². The van der Waals surface area contributed by atoms with E-state index in [0.717, 1.165) is 48.5 Å². The smallest absolute Gasteiger partial charge is 0.178 e. The molecule has 0 aliphatic carbocycles. The van der Waals surface area contributed by atoms with E-state index in [0.29, 0.717) is 0 Å². The number of aromatic hydroxyl groups is 2. The molecular weight excluding hydrogens is 725 g/mol. The van der Waals surface area contributed by atoms with Crippen LogP contribution in [0.5, 0.6) is 11.5 Å². The predicted octanol–water partition coefficient (Wildman–Crippen LogP) is 4.90. The van der Waals surface area contributed by atoms with Gasteiger partial charge in [0.25, 0.3) is 0 Å². The molecule has 4 aromatic rings. The molecule has 2 saturated heterocycles. The third-order valence-corrected chi connectivity index (χ3v) is 13.4. The molecule has 2 fully saturated rings. The number of carbonyl (C=O) groups is 1. The number of phenolic OH excluding ortho intramolecular Hbond substituents is 2. The molecule has 0 bridgehead atoms. The van der Waals surface area contributed by atoms with Crippen LogP contribution in [0.25, 0.3) is 0 Å². The zero-order valence-electron chi connectivity index (χ0n) is 27.7. The van der Waals surface area contributed by atoms with Crippen LogP contribution in [-0.2, 0) is 24.5 Å². The van der Waals surface area contributed by atoms with Crippen LogP contribution in [0.15, 0.2) is 94.7 Å². The molecule has 0 aromatic heterocycles. The molecule has 2 heterocycles. The highest BCUT2D eigenvalue weighted by molar-refractivity contribution is 7.91. The van der Waals surface area contributed by atoms with Gasteiger partial charge in [-0.2, -0.15) is 0 Å². The van der Waals surface area contributed by atoms with Crippen LogP contribution in [-0.4, -0.2) is 93.4 Å². The fourth-order valence-electron chi connectivity index (χ4n) is 7.02. The summed E-state index contributed by atoms with van der Waals surface area (Å²) in [6, 6.07) is 15.5. The van der Waals surface area contributed by atoms with Crippen molar-refractivity contribution in [2.75, 3.05) is 50.8 Å². The third kappa shape index (κ3) is 8.49. The number of hydrogen-bond acceptors (Lipinski definition) is 9. The molecule has 52 heavy (non-hydrogen) atoms. The van der Waals surface area contributed by atoms with Crippen molar-refractivity contribution in [1.82, 2.24) is 9.80 Å². The van der Waals surface area contributed by atoms with E-state index >= 15 is 0 Å². The molecule has 2 N–H and O–H groups in total. The van der Waals surface area contributed by atoms with Crippen molar-refractivity contribution in [2.24, 2.45) is 11.8 Å². The van der Waals surface area contributed by atoms with Crippen molar-refractivity contribution in [1.29, 1.82) is 0 Å². The van der Waals surface area contributed by atoms with Crippen LogP contribution < -0.4 is 0 Å². The van der Waals surface area contributed by atoms with E-state index in [9.17, 15) is 49.4 Å². The molecular formula is C37H36F4N2O7S2. The summed E-state index contributed by atoms with van der Waals surface area (Å²) in [5, 5.41) is 21.6. The molecule has 2 aliphatic heterocycles. The van der Waals surface area contributed by atoms with Crippen LogP contribution in [0, 0.1) is 35.1 Å². The molecule has 0 radical (unpaired) electrons. The van der Waals surface area contributed by atoms with Gasteiger partial charge in [-0.15, -0.1) is 0 Å². The van der Waals surface area contributed by atoms with Crippen LogP contribution >= 0.6 is 0 Å². The number of likely N-dealkylation sites (tertiary alicyclic amines) is 2. The summed E-state index contributed by atoms with van der Waals surface area (Å²) in [5.74, 6) is -7.30. The maximum absolute atomic E-state index is 14.6. The summed E-state index contributed by atoms with van der Waals surface area (Å²) in [5.41, 5.74) is 0.208. The Morgan fingerprint density at radius 1 is 0.577 bits per heavy atom. The van der Waals surface area contributed by atoms with Gasteiger partial charge in [-0.3, -0.25) is 4.79 Å². The lowest BCUT2D eigenvalue weighted by atomic mass is 9.81. The predicted molar refractivity (Wildman–Crippen MR) is 183 cm³/mol. The van der Waals surface area contributed by atoms with Crippen LogP contribution in [0.4, 0.5) is 17.6 Å². The minimum Gasteiger partial charge on any atom is -0.508 e. The average molecular weight is 761 g/mol. The van der Waals surface area contributed by atoms with Crippen LogP contribution in [0.1, 0.15) is 23.0 Å². The van der Waals surface area contributed by atoms with Gasteiger partial charge in [-0.05, 0) is 72.5 Å². The first-order chi connectivity index (χ1) is 24.6. The Bertz CT molecular complexity index is 2000.